The molecule has 1 fully saturated rings. The minimum atomic E-state index is -0.184. The van der Waals surface area contributed by atoms with Gasteiger partial charge in [0.2, 0.25) is 5.91 Å². The first kappa shape index (κ1) is 21.6. The first-order valence-electron chi connectivity index (χ1n) is 11.5. The van der Waals surface area contributed by atoms with E-state index in [2.05, 4.69) is 47.1 Å². The topological polar surface area (TPSA) is 70.2 Å². The van der Waals surface area contributed by atoms with Crippen LogP contribution in [0.2, 0.25) is 0 Å². The van der Waals surface area contributed by atoms with Gasteiger partial charge in [-0.05, 0) is 67.9 Å². The quantitative estimate of drug-likeness (QED) is 0.611. The van der Waals surface area contributed by atoms with Gasteiger partial charge < -0.3 is 16.0 Å². The van der Waals surface area contributed by atoms with Crippen LogP contribution < -0.4 is 16.0 Å². The molecule has 164 valence electrons. The molecule has 2 aromatic rings. The molecule has 2 aliphatic rings. The maximum absolute atomic E-state index is 12.5. The van der Waals surface area contributed by atoms with Crippen molar-refractivity contribution in [3.63, 3.8) is 0 Å². The van der Waals surface area contributed by atoms with Gasteiger partial charge in [0.05, 0.1) is 6.54 Å². The van der Waals surface area contributed by atoms with Crippen LogP contribution in [0.3, 0.4) is 0 Å². The van der Waals surface area contributed by atoms with Gasteiger partial charge in [-0.15, -0.1) is 0 Å². The van der Waals surface area contributed by atoms with Crippen LogP contribution in [0, 0.1) is 0 Å². The first-order valence-corrected chi connectivity index (χ1v) is 11.5. The third-order valence-corrected chi connectivity index (χ3v) is 6.78. The van der Waals surface area contributed by atoms with Gasteiger partial charge in [0, 0.05) is 23.7 Å². The second-order valence-corrected chi connectivity index (χ2v) is 9.06. The van der Waals surface area contributed by atoms with E-state index in [9.17, 15) is 9.59 Å². The molecule has 1 unspecified atom stereocenters. The highest BCUT2D eigenvalue weighted by Gasteiger charge is 2.35. The van der Waals surface area contributed by atoms with Crippen LogP contribution in [-0.4, -0.2) is 30.4 Å². The molecule has 5 heteroatoms. The van der Waals surface area contributed by atoms with Gasteiger partial charge in [-0.1, -0.05) is 49.2 Å². The lowest BCUT2D eigenvalue weighted by atomic mass is 9.94. The Morgan fingerprint density at radius 2 is 1.68 bits per heavy atom. The number of aryl methyl sites for hydroxylation is 2. The molecule has 0 aromatic heterocycles. The Labute approximate surface area is 185 Å². The van der Waals surface area contributed by atoms with Crippen LogP contribution in [0.15, 0.2) is 48.5 Å². The smallest absolute Gasteiger partial charge is 0.251 e. The summed E-state index contributed by atoms with van der Waals surface area (Å²) in [4.78, 5) is 24.9. The van der Waals surface area contributed by atoms with E-state index in [1.165, 1.54) is 29.5 Å². The summed E-state index contributed by atoms with van der Waals surface area (Å²) in [5.41, 5.74) is 4.41. The molecule has 0 spiro atoms. The number of carbonyl (C=O) groups excluding carboxylic acids is 2. The van der Waals surface area contributed by atoms with Crippen LogP contribution in [0.4, 0.5) is 0 Å². The largest absolute Gasteiger partial charge is 0.353 e. The Bertz CT molecular complexity index is 920. The lowest BCUT2D eigenvalue weighted by Gasteiger charge is -2.34. The fourth-order valence-electron chi connectivity index (χ4n) is 5.01. The lowest BCUT2D eigenvalue weighted by Crippen LogP contribution is -2.53. The normalized spacial score (nSPS) is 17.7. The fourth-order valence-corrected chi connectivity index (χ4v) is 5.01. The fraction of sp³-hybridized carbons (Fsp3) is 0.462. The molecular formula is C26H33N3O2. The highest BCUT2D eigenvalue weighted by atomic mass is 16.2. The molecule has 5 nitrogen and oxygen atoms in total. The molecule has 1 atom stereocenters. The summed E-state index contributed by atoms with van der Waals surface area (Å²) in [5.74, 6) is -0.328. The molecule has 2 aliphatic carbocycles. The van der Waals surface area contributed by atoms with E-state index in [0.29, 0.717) is 12.1 Å². The predicted molar refractivity (Wildman–Crippen MR) is 123 cm³/mol. The maximum atomic E-state index is 12.5. The summed E-state index contributed by atoms with van der Waals surface area (Å²) in [6.07, 6.45) is 7.71. The van der Waals surface area contributed by atoms with Gasteiger partial charge in [-0.2, -0.15) is 0 Å². The zero-order valence-electron chi connectivity index (χ0n) is 18.4. The van der Waals surface area contributed by atoms with Crippen molar-refractivity contribution < 1.29 is 9.59 Å². The van der Waals surface area contributed by atoms with E-state index >= 15 is 0 Å². The Morgan fingerprint density at radius 3 is 2.45 bits per heavy atom. The molecule has 0 bridgehead atoms. The van der Waals surface area contributed by atoms with Crippen molar-refractivity contribution in [2.24, 2.45) is 0 Å². The summed E-state index contributed by atoms with van der Waals surface area (Å²) in [6, 6.07) is 16.5. The van der Waals surface area contributed by atoms with Crippen LogP contribution in [-0.2, 0) is 17.6 Å². The zero-order valence-corrected chi connectivity index (χ0v) is 18.4. The molecule has 1 saturated carbocycles. The van der Waals surface area contributed by atoms with Crippen molar-refractivity contribution in [1.82, 2.24) is 16.0 Å². The summed E-state index contributed by atoms with van der Waals surface area (Å²) in [6.45, 7) is 2.76. The van der Waals surface area contributed by atoms with Gasteiger partial charge in [0.25, 0.3) is 5.91 Å². The molecule has 3 N–H and O–H groups in total. The van der Waals surface area contributed by atoms with E-state index in [0.717, 1.165) is 32.1 Å². The summed E-state index contributed by atoms with van der Waals surface area (Å²) < 4.78 is 0. The van der Waals surface area contributed by atoms with Crippen molar-refractivity contribution in [1.29, 1.82) is 0 Å². The number of hydrogen-bond donors (Lipinski definition) is 3. The molecule has 2 amide bonds. The number of benzene rings is 2. The van der Waals surface area contributed by atoms with Crippen LogP contribution >= 0.6 is 0 Å². The second-order valence-electron chi connectivity index (χ2n) is 9.06. The third-order valence-electron chi connectivity index (χ3n) is 6.78. The monoisotopic (exact) mass is 419 g/mol. The third kappa shape index (κ3) is 5.34. The van der Waals surface area contributed by atoms with Crippen LogP contribution in [0.5, 0.6) is 0 Å². The van der Waals surface area contributed by atoms with E-state index in [-0.39, 0.29) is 29.9 Å². The van der Waals surface area contributed by atoms with Crippen molar-refractivity contribution in [3.8, 4) is 0 Å². The number of rotatable bonds is 8. The molecule has 0 aliphatic heterocycles. The number of fused-ring (bicyclic) bond motifs is 1. The molecule has 2 aromatic carbocycles. The Hall–Kier alpha value is -2.66. The van der Waals surface area contributed by atoms with E-state index in [1.54, 1.807) is 0 Å². The van der Waals surface area contributed by atoms with Gasteiger partial charge >= 0.3 is 0 Å². The first-order chi connectivity index (χ1) is 15.0. The highest BCUT2D eigenvalue weighted by Crippen LogP contribution is 2.31. The average molecular weight is 420 g/mol. The van der Waals surface area contributed by atoms with Gasteiger partial charge in [0.15, 0.2) is 0 Å². The van der Waals surface area contributed by atoms with Crippen LogP contribution in [0.1, 0.15) is 72.1 Å². The minimum Gasteiger partial charge on any atom is -0.353 e. The number of carbonyl (C=O) groups is 2. The van der Waals surface area contributed by atoms with Gasteiger partial charge in [-0.25, -0.2) is 0 Å². The number of hydrogen-bond acceptors (Lipinski definition) is 3. The van der Waals surface area contributed by atoms with Crippen molar-refractivity contribution >= 4 is 11.8 Å². The van der Waals surface area contributed by atoms with Crippen molar-refractivity contribution in [2.75, 3.05) is 13.1 Å². The molecule has 4 rings (SSSR count). The second kappa shape index (κ2) is 9.65. The summed E-state index contributed by atoms with van der Waals surface area (Å²) in [5, 5.41) is 9.60. The molecule has 0 radical (unpaired) electrons. The van der Waals surface area contributed by atoms with Gasteiger partial charge in [-0.3, -0.25) is 9.59 Å². The predicted octanol–water partition coefficient (Wildman–Crippen LogP) is 3.68. The SMILES string of the molecule is CC(NC1(CNC(=O)CNC(=O)c2ccc3c(c2)CCC3)CCCC1)c1ccccc1. The average Bonchev–Trinajstić information content (AvgIpc) is 3.46. The molecule has 0 saturated heterocycles. The van der Waals surface area contributed by atoms with Crippen molar-refractivity contribution in [2.45, 2.75) is 63.5 Å². The summed E-state index contributed by atoms with van der Waals surface area (Å²) >= 11 is 0. The minimum absolute atomic E-state index is 0.000235. The highest BCUT2D eigenvalue weighted by molar-refractivity contribution is 5.96. The van der Waals surface area contributed by atoms with Crippen molar-refractivity contribution in [3.05, 3.63) is 70.8 Å². The number of amides is 2. The Balaban J connectivity index is 1.28. The maximum Gasteiger partial charge on any atom is 0.251 e. The standard InChI is InChI=1S/C26H33N3O2/c1-19(20-8-3-2-4-9-20)29-26(14-5-6-15-26)18-28-24(30)17-27-25(31)23-13-12-21-10-7-11-22(21)16-23/h2-4,8-9,12-13,16,19,29H,5-7,10-11,14-15,17-18H2,1H3,(H,27,31)(H,28,30). The molecular weight excluding hydrogens is 386 g/mol. The molecule has 31 heavy (non-hydrogen) atoms. The Kier molecular flexibility index (Phi) is 6.71. The van der Waals surface area contributed by atoms with E-state index in [4.69, 9.17) is 0 Å². The van der Waals surface area contributed by atoms with E-state index in [1.807, 2.05) is 24.3 Å². The zero-order chi connectivity index (χ0) is 21.7. The van der Waals surface area contributed by atoms with Crippen LogP contribution in [0.25, 0.3) is 0 Å². The Morgan fingerprint density at radius 1 is 0.935 bits per heavy atom. The van der Waals surface area contributed by atoms with Gasteiger partial charge in [0.1, 0.15) is 0 Å². The number of nitrogens with one attached hydrogen (secondary N) is 3. The van der Waals surface area contributed by atoms with E-state index < -0.39 is 0 Å². The molecule has 0 heterocycles. The lowest BCUT2D eigenvalue weighted by molar-refractivity contribution is -0.120. The summed E-state index contributed by atoms with van der Waals surface area (Å²) in [7, 11) is 0.